The average molecular weight is 1000 g/mol. The van der Waals surface area contributed by atoms with Crippen LogP contribution < -0.4 is 5.32 Å². The zero-order valence-corrected chi connectivity index (χ0v) is 49.3. The number of amides is 1. The largest absolute Gasteiger partial charge is 0.465 e. The van der Waals surface area contributed by atoms with Crippen molar-refractivity contribution < 1.29 is 19.1 Å². The van der Waals surface area contributed by atoms with E-state index in [-0.39, 0.29) is 5.97 Å². The molecule has 6 heteroatoms. The van der Waals surface area contributed by atoms with Crippen molar-refractivity contribution in [2.45, 2.75) is 362 Å². The molecule has 3 atom stereocenters. The van der Waals surface area contributed by atoms with Gasteiger partial charge in [0, 0.05) is 38.3 Å². The number of carbonyl (C=O) groups excluding carboxylic acids is 3. The van der Waals surface area contributed by atoms with Gasteiger partial charge < -0.3 is 15.0 Å². The minimum atomic E-state index is 0.00870. The van der Waals surface area contributed by atoms with Crippen molar-refractivity contribution in [2.75, 3.05) is 26.7 Å². The Morgan fingerprint density at radius 2 is 0.718 bits per heavy atom. The van der Waals surface area contributed by atoms with E-state index in [1.54, 1.807) is 0 Å². The van der Waals surface area contributed by atoms with Crippen LogP contribution in [0.15, 0.2) is 0 Å². The highest BCUT2D eigenvalue weighted by Gasteiger charge is 2.23. The second-order valence-corrected chi connectivity index (χ2v) is 22.8. The van der Waals surface area contributed by atoms with Gasteiger partial charge in [0.1, 0.15) is 5.78 Å². The number of nitrogens with zero attached hydrogens (tertiary/aromatic N) is 1. The van der Waals surface area contributed by atoms with Gasteiger partial charge in [0.15, 0.2) is 0 Å². The van der Waals surface area contributed by atoms with Gasteiger partial charge in [-0.15, -0.1) is 0 Å². The Morgan fingerprint density at radius 1 is 0.366 bits per heavy atom. The van der Waals surface area contributed by atoms with Crippen molar-refractivity contribution in [3.05, 3.63) is 0 Å². The molecular weight excluding hydrogens is 873 g/mol. The van der Waals surface area contributed by atoms with E-state index in [0.29, 0.717) is 43.1 Å². The summed E-state index contributed by atoms with van der Waals surface area (Å²) in [6.45, 7) is 13.8. The van der Waals surface area contributed by atoms with Gasteiger partial charge >= 0.3 is 5.97 Å². The predicted molar refractivity (Wildman–Crippen MR) is 312 cm³/mol. The third-order valence-electron chi connectivity index (χ3n) is 15.9. The molecule has 0 aromatic rings. The lowest BCUT2D eigenvalue weighted by atomic mass is 9.89. The van der Waals surface area contributed by atoms with Gasteiger partial charge in [0.2, 0.25) is 5.91 Å². The molecule has 0 radical (unpaired) electrons. The highest BCUT2D eigenvalue weighted by molar-refractivity contribution is 5.78. The van der Waals surface area contributed by atoms with Crippen molar-refractivity contribution in [3.8, 4) is 0 Å². The van der Waals surface area contributed by atoms with Crippen molar-refractivity contribution in [1.29, 1.82) is 0 Å². The van der Waals surface area contributed by atoms with Crippen molar-refractivity contribution in [3.63, 3.8) is 0 Å². The summed E-state index contributed by atoms with van der Waals surface area (Å²) in [5.74, 6) is 2.17. The molecule has 3 unspecified atom stereocenters. The zero-order valence-electron chi connectivity index (χ0n) is 49.3. The number of nitrogens with one attached hydrogen (secondary N) is 1. The van der Waals surface area contributed by atoms with Gasteiger partial charge in [-0.05, 0) is 83.2 Å². The Morgan fingerprint density at radius 3 is 1.15 bits per heavy atom. The van der Waals surface area contributed by atoms with Crippen LogP contribution in [0, 0.1) is 11.8 Å². The third-order valence-corrected chi connectivity index (χ3v) is 15.9. The van der Waals surface area contributed by atoms with E-state index in [1.807, 2.05) is 7.05 Å². The lowest BCUT2D eigenvalue weighted by Gasteiger charge is -2.33. The fourth-order valence-corrected chi connectivity index (χ4v) is 11.0. The molecule has 1 amide bonds. The summed E-state index contributed by atoms with van der Waals surface area (Å²) in [6.07, 6.45) is 59.9. The summed E-state index contributed by atoms with van der Waals surface area (Å²) in [6, 6.07) is 0.333. The van der Waals surface area contributed by atoms with Gasteiger partial charge in [-0.1, -0.05) is 272 Å². The Balaban J connectivity index is 4.95. The number of ketones is 1. The smallest absolute Gasteiger partial charge is 0.305 e. The van der Waals surface area contributed by atoms with Crippen LogP contribution in [0.2, 0.25) is 0 Å². The van der Waals surface area contributed by atoms with Crippen LogP contribution in [-0.2, 0) is 19.1 Å². The van der Waals surface area contributed by atoms with E-state index in [4.69, 9.17) is 4.74 Å². The summed E-state index contributed by atoms with van der Waals surface area (Å²) >= 11 is 0. The fourth-order valence-electron chi connectivity index (χ4n) is 11.0. The van der Waals surface area contributed by atoms with Crippen LogP contribution in [-0.4, -0.2) is 55.3 Å². The van der Waals surface area contributed by atoms with Crippen molar-refractivity contribution in [2.24, 2.45) is 11.8 Å². The molecule has 1 N–H and O–H groups in total. The minimum absolute atomic E-state index is 0.00870. The molecule has 422 valence electrons. The molecule has 0 heterocycles. The molecule has 0 rings (SSSR count). The first-order valence-corrected chi connectivity index (χ1v) is 32.5. The number of esters is 1. The number of hydrogen-bond donors (Lipinski definition) is 1. The zero-order chi connectivity index (χ0) is 51.9. The number of rotatable bonds is 59. The van der Waals surface area contributed by atoms with E-state index in [2.05, 4.69) is 44.8 Å². The monoisotopic (exact) mass is 1000 g/mol. The molecule has 6 nitrogen and oxygen atoms in total. The molecule has 0 saturated carbocycles. The maximum Gasteiger partial charge on any atom is 0.305 e. The first kappa shape index (κ1) is 69.6. The van der Waals surface area contributed by atoms with Gasteiger partial charge in [-0.3, -0.25) is 14.4 Å². The molecule has 0 fully saturated rings. The molecule has 0 spiro atoms. The van der Waals surface area contributed by atoms with Crippen LogP contribution in [0.4, 0.5) is 0 Å². The quantitative estimate of drug-likeness (QED) is 0.0485. The molecule has 0 aliphatic carbocycles. The summed E-state index contributed by atoms with van der Waals surface area (Å²) in [5, 5.41) is 3.33. The normalized spacial score (nSPS) is 12.9. The maximum atomic E-state index is 13.9. The van der Waals surface area contributed by atoms with E-state index >= 15 is 0 Å². The number of ether oxygens (including phenoxy) is 1. The van der Waals surface area contributed by atoms with Crippen LogP contribution in [0.1, 0.15) is 356 Å². The average Bonchev–Trinajstić information content (AvgIpc) is 3.37. The predicted octanol–water partition coefficient (Wildman–Crippen LogP) is 20.4. The van der Waals surface area contributed by atoms with Gasteiger partial charge in [-0.2, -0.15) is 0 Å². The Labute approximate surface area is 445 Å². The highest BCUT2D eigenvalue weighted by Crippen LogP contribution is 2.26. The molecule has 0 aliphatic rings. The maximum absolute atomic E-state index is 13.9. The van der Waals surface area contributed by atoms with Crippen molar-refractivity contribution >= 4 is 17.7 Å². The molecule has 71 heavy (non-hydrogen) atoms. The van der Waals surface area contributed by atoms with E-state index in [0.717, 1.165) is 83.2 Å². The van der Waals surface area contributed by atoms with Crippen LogP contribution in [0.3, 0.4) is 0 Å². The first-order valence-electron chi connectivity index (χ1n) is 32.5. The van der Waals surface area contributed by atoms with Crippen LogP contribution in [0.25, 0.3) is 0 Å². The lowest BCUT2D eigenvalue weighted by molar-refractivity contribution is -0.145. The van der Waals surface area contributed by atoms with E-state index in [9.17, 15) is 14.4 Å². The second-order valence-electron chi connectivity index (χ2n) is 22.8. The summed E-state index contributed by atoms with van der Waals surface area (Å²) in [4.78, 5) is 42.0. The molecular formula is C65H128N2O4. The van der Waals surface area contributed by atoms with E-state index in [1.165, 1.54) is 244 Å². The lowest BCUT2D eigenvalue weighted by Crippen LogP contribution is -2.41. The summed E-state index contributed by atoms with van der Waals surface area (Å²) in [5.41, 5.74) is 0. The molecule has 0 saturated heterocycles. The Hall–Kier alpha value is -1.43. The highest BCUT2D eigenvalue weighted by atomic mass is 16.5. The van der Waals surface area contributed by atoms with Crippen LogP contribution >= 0.6 is 0 Å². The van der Waals surface area contributed by atoms with E-state index < -0.39 is 0 Å². The summed E-state index contributed by atoms with van der Waals surface area (Å²) < 4.78 is 5.88. The standard InChI is InChI=1S/C65H128N2O4/c1-7-12-17-22-29-38-47-60(46-36-20-15-10-4)55-56-63(68)52-42-33-27-25-31-40-50-62(67(58-45-57-66-6)64(69)53-43-34-24-19-14-9-3)51-41-32-26-28-35-44-54-65(70)71-59-61(48-37-21-16-11-5)49-39-30-23-18-13-8-2/h60-62,66H,7-59H2,1-6H3. The molecule has 0 bridgehead atoms. The third kappa shape index (κ3) is 48.0. The molecule has 0 aromatic carbocycles. The SMILES string of the molecule is CCCCCCCCC(=O)N(CCCNC)C(CCCCCCCCC(=O)CCC(CCCCCC)CCCCCCCC)CCCCCCCCC(=O)OCC(CCCCCC)CCCCCCCC. The molecule has 0 aliphatic heterocycles. The number of Topliss-reactive ketones (excluding diaryl/α,β-unsaturated/α-hetero) is 1. The van der Waals surface area contributed by atoms with Gasteiger partial charge in [-0.25, -0.2) is 0 Å². The fraction of sp³-hybridized carbons (Fsp3) is 0.954. The van der Waals surface area contributed by atoms with Crippen LogP contribution in [0.5, 0.6) is 0 Å². The second kappa shape index (κ2) is 56.3. The first-order chi connectivity index (χ1) is 34.9. The van der Waals surface area contributed by atoms with Gasteiger partial charge in [0.05, 0.1) is 6.61 Å². The molecule has 0 aromatic heterocycles. The Kier molecular flexibility index (Phi) is 55.2. The number of hydrogen-bond acceptors (Lipinski definition) is 5. The topological polar surface area (TPSA) is 75.7 Å². The van der Waals surface area contributed by atoms with Gasteiger partial charge in [0.25, 0.3) is 0 Å². The minimum Gasteiger partial charge on any atom is -0.465 e. The number of carbonyl (C=O) groups is 3. The Bertz CT molecular complexity index is 1050. The number of unbranched alkanes of at least 4 members (excludes halogenated alkanes) is 31. The van der Waals surface area contributed by atoms with Crippen molar-refractivity contribution in [1.82, 2.24) is 10.2 Å². The summed E-state index contributed by atoms with van der Waals surface area (Å²) in [7, 11) is 2.02.